The van der Waals surface area contributed by atoms with Gasteiger partial charge in [0.2, 0.25) is 0 Å². The second-order valence-electron chi connectivity index (χ2n) is 5.81. The molecule has 1 unspecified atom stereocenters. The van der Waals surface area contributed by atoms with Gasteiger partial charge in [-0.3, -0.25) is 9.59 Å². The first-order valence-corrected chi connectivity index (χ1v) is 8.75. The molecule has 0 spiro atoms. The molecular weight excluding hydrogens is 375 g/mol. The van der Waals surface area contributed by atoms with Crippen LogP contribution in [-0.2, 0) is 11.3 Å². The van der Waals surface area contributed by atoms with E-state index in [-0.39, 0.29) is 11.8 Å². The van der Waals surface area contributed by atoms with Gasteiger partial charge in [0, 0.05) is 31.2 Å². The predicted molar refractivity (Wildman–Crippen MR) is 103 cm³/mol. The summed E-state index contributed by atoms with van der Waals surface area (Å²) in [6.45, 7) is 2.06. The standard InChI is InChI=1S/C19H20Cl2N2O3/c1-12(26-17-9-8-15(20)10-16(17)21)19(25)23(3)11-13-4-6-14(7-5-13)18(24)22-2/h4-10,12H,11H2,1-3H3,(H,22,24). The molecule has 2 aromatic carbocycles. The van der Waals surface area contributed by atoms with Gasteiger partial charge >= 0.3 is 0 Å². The lowest BCUT2D eigenvalue weighted by molar-refractivity contribution is -0.137. The Morgan fingerprint density at radius 2 is 1.81 bits per heavy atom. The first-order chi connectivity index (χ1) is 12.3. The monoisotopic (exact) mass is 394 g/mol. The van der Waals surface area contributed by atoms with Crippen LogP contribution in [-0.4, -0.2) is 36.9 Å². The van der Waals surface area contributed by atoms with E-state index < -0.39 is 6.10 Å². The van der Waals surface area contributed by atoms with Gasteiger partial charge in [0.1, 0.15) is 5.75 Å². The van der Waals surface area contributed by atoms with Gasteiger partial charge in [0.15, 0.2) is 6.10 Å². The fourth-order valence-corrected chi connectivity index (χ4v) is 2.83. The van der Waals surface area contributed by atoms with Crippen molar-refractivity contribution in [1.29, 1.82) is 0 Å². The third-order valence-electron chi connectivity index (χ3n) is 3.78. The van der Waals surface area contributed by atoms with Crippen LogP contribution in [0.3, 0.4) is 0 Å². The summed E-state index contributed by atoms with van der Waals surface area (Å²) in [7, 11) is 3.27. The van der Waals surface area contributed by atoms with Crippen molar-refractivity contribution in [3.63, 3.8) is 0 Å². The minimum atomic E-state index is -0.705. The predicted octanol–water partition coefficient (Wildman–Crippen LogP) is 3.78. The molecule has 0 aliphatic carbocycles. The molecule has 2 rings (SSSR count). The number of likely N-dealkylation sites (N-methyl/N-ethyl adjacent to an activating group) is 1. The number of hydrogen-bond donors (Lipinski definition) is 1. The van der Waals surface area contributed by atoms with Crippen molar-refractivity contribution < 1.29 is 14.3 Å². The van der Waals surface area contributed by atoms with Crippen LogP contribution in [0.1, 0.15) is 22.8 Å². The molecule has 0 saturated heterocycles. The lowest BCUT2D eigenvalue weighted by atomic mass is 10.1. The van der Waals surface area contributed by atoms with Crippen LogP contribution in [0.5, 0.6) is 5.75 Å². The summed E-state index contributed by atoms with van der Waals surface area (Å²) in [5.74, 6) is 0.0643. The first-order valence-electron chi connectivity index (χ1n) is 7.99. The largest absolute Gasteiger partial charge is 0.479 e. The highest BCUT2D eigenvalue weighted by molar-refractivity contribution is 6.35. The number of ether oxygens (including phenoxy) is 1. The van der Waals surface area contributed by atoms with E-state index >= 15 is 0 Å². The molecule has 0 bridgehead atoms. The van der Waals surface area contributed by atoms with Gasteiger partial charge in [-0.1, -0.05) is 35.3 Å². The van der Waals surface area contributed by atoms with Gasteiger partial charge in [0.25, 0.3) is 11.8 Å². The van der Waals surface area contributed by atoms with Crippen LogP contribution in [0.4, 0.5) is 0 Å². The molecular formula is C19H20Cl2N2O3. The maximum absolute atomic E-state index is 12.5. The highest BCUT2D eigenvalue weighted by atomic mass is 35.5. The smallest absolute Gasteiger partial charge is 0.263 e. The number of rotatable bonds is 6. The quantitative estimate of drug-likeness (QED) is 0.810. The Balaban J connectivity index is 1.98. The second-order valence-corrected chi connectivity index (χ2v) is 6.65. The average molecular weight is 395 g/mol. The summed E-state index contributed by atoms with van der Waals surface area (Å²) in [6, 6.07) is 11.9. The van der Waals surface area contributed by atoms with Crippen molar-refractivity contribution in [2.24, 2.45) is 0 Å². The van der Waals surface area contributed by atoms with E-state index in [1.165, 1.54) is 0 Å². The normalized spacial score (nSPS) is 11.6. The van der Waals surface area contributed by atoms with Gasteiger partial charge in [-0.05, 0) is 42.8 Å². The van der Waals surface area contributed by atoms with Gasteiger partial charge in [-0.15, -0.1) is 0 Å². The van der Waals surface area contributed by atoms with Crippen LogP contribution in [0.15, 0.2) is 42.5 Å². The van der Waals surface area contributed by atoms with Crippen LogP contribution >= 0.6 is 23.2 Å². The molecule has 138 valence electrons. The van der Waals surface area contributed by atoms with E-state index in [4.69, 9.17) is 27.9 Å². The molecule has 26 heavy (non-hydrogen) atoms. The van der Waals surface area contributed by atoms with Crippen LogP contribution < -0.4 is 10.1 Å². The van der Waals surface area contributed by atoms with Gasteiger partial charge in [-0.2, -0.15) is 0 Å². The number of nitrogens with one attached hydrogen (secondary N) is 1. The minimum Gasteiger partial charge on any atom is -0.479 e. The molecule has 0 fully saturated rings. The zero-order valence-corrected chi connectivity index (χ0v) is 16.3. The van der Waals surface area contributed by atoms with Gasteiger partial charge < -0.3 is 15.0 Å². The van der Waals surface area contributed by atoms with Crippen molar-refractivity contribution in [3.05, 3.63) is 63.6 Å². The molecule has 0 aromatic heterocycles. The molecule has 0 saturated carbocycles. The summed E-state index contributed by atoms with van der Waals surface area (Å²) >= 11 is 11.9. The van der Waals surface area contributed by atoms with Crippen molar-refractivity contribution in [2.75, 3.05) is 14.1 Å². The Morgan fingerprint density at radius 1 is 1.15 bits per heavy atom. The second kappa shape index (κ2) is 8.92. The Kier molecular flexibility index (Phi) is 6.89. The summed E-state index contributed by atoms with van der Waals surface area (Å²) in [5.41, 5.74) is 1.48. The Bertz CT molecular complexity index is 794. The van der Waals surface area contributed by atoms with Crippen molar-refractivity contribution in [1.82, 2.24) is 10.2 Å². The molecule has 2 amide bonds. The third kappa shape index (κ3) is 5.13. The van der Waals surface area contributed by atoms with E-state index in [0.717, 1.165) is 5.56 Å². The number of hydrogen-bond acceptors (Lipinski definition) is 3. The fraction of sp³-hybridized carbons (Fsp3) is 0.263. The van der Waals surface area contributed by atoms with Gasteiger partial charge in [0.05, 0.1) is 5.02 Å². The number of carbonyl (C=O) groups excluding carboxylic acids is 2. The highest BCUT2D eigenvalue weighted by Crippen LogP contribution is 2.28. The van der Waals surface area contributed by atoms with E-state index in [1.807, 2.05) is 12.1 Å². The van der Waals surface area contributed by atoms with Crippen molar-refractivity contribution >= 4 is 35.0 Å². The zero-order valence-electron chi connectivity index (χ0n) is 14.8. The SMILES string of the molecule is CNC(=O)c1ccc(CN(C)C(=O)C(C)Oc2ccc(Cl)cc2Cl)cc1. The summed E-state index contributed by atoms with van der Waals surface area (Å²) in [5, 5.41) is 3.42. The Morgan fingerprint density at radius 3 is 2.38 bits per heavy atom. The maximum Gasteiger partial charge on any atom is 0.263 e. The summed E-state index contributed by atoms with van der Waals surface area (Å²) in [6.07, 6.45) is -0.705. The van der Waals surface area contributed by atoms with Crippen molar-refractivity contribution in [2.45, 2.75) is 19.6 Å². The molecule has 2 aromatic rings. The minimum absolute atomic E-state index is 0.150. The molecule has 0 radical (unpaired) electrons. The highest BCUT2D eigenvalue weighted by Gasteiger charge is 2.20. The molecule has 5 nitrogen and oxygen atoms in total. The summed E-state index contributed by atoms with van der Waals surface area (Å²) in [4.78, 5) is 25.6. The Labute approximate surface area is 162 Å². The number of nitrogens with zero attached hydrogens (tertiary/aromatic N) is 1. The molecule has 1 N–H and O–H groups in total. The summed E-state index contributed by atoms with van der Waals surface area (Å²) < 4.78 is 5.65. The van der Waals surface area contributed by atoms with Crippen LogP contribution in [0.25, 0.3) is 0 Å². The number of amides is 2. The Hall–Kier alpha value is -2.24. The first kappa shape index (κ1) is 20.1. The van der Waals surface area contributed by atoms with E-state index in [1.54, 1.807) is 56.3 Å². The van der Waals surface area contributed by atoms with E-state index in [2.05, 4.69) is 5.32 Å². The average Bonchev–Trinajstić information content (AvgIpc) is 2.63. The maximum atomic E-state index is 12.5. The molecule has 0 aliphatic rings. The van der Waals surface area contributed by atoms with Gasteiger partial charge in [-0.25, -0.2) is 0 Å². The number of carbonyl (C=O) groups is 2. The third-order valence-corrected chi connectivity index (χ3v) is 4.32. The van der Waals surface area contributed by atoms with Crippen LogP contribution in [0.2, 0.25) is 10.0 Å². The van der Waals surface area contributed by atoms with Crippen molar-refractivity contribution in [3.8, 4) is 5.75 Å². The fourth-order valence-electron chi connectivity index (χ4n) is 2.38. The molecule has 0 aliphatic heterocycles. The lowest BCUT2D eigenvalue weighted by Crippen LogP contribution is -2.37. The number of halogens is 2. The topological polar surface area (TPSA) is 58.6 Å². The number of benzene rings is 2. The molecule has 0 heterocycles. The molecule has 1 atom stereocenters. The van der Waals surface area contributed by atoms with E-state index in [9.17, 15) is 9.59 Å². The van der Waals surface area contributed by atoms with Crippen LogP contribution in [0, 0.1) is 0 Å². The van der Waals surface area contributed by atoms with E-state index in [0.29, 0.717) is 27.9 Å². The molecule has 7 heteroatoms. The lowest BCUT2D eigenvalue weighted by Gasteiger charge is -2.22. The zero-order chi connectivity index (χ0) is 19.3.